The first kappa shape index (κ1) is 15.3. The molecule has 1 spiro atoms. The maximum absolute atomic E-state index is 13.2. The molecule has 0 radical (unpaired) electrons. The zero-order chi connectivity index (χ0) is 15.0. The lowest BCUT2D eigenvalue weighted by Gasteiger charge is -2.37. The van der Waals surface area contributed by atoms with E-state index in [0.717, 1.165) is 25.2 Å². The average Bonchev–Trinajstić information content (AvgIpc) is 2.99. The van der Waals surface area contributed by atoms with Crippen LogP contribution in [0.2, 0.25) is 0 Å². The zero-order valence-electron chi connectivity index (χ0n) is 14.0. The molecule has 0 aromatic rings. The SMILES string of the molecule is CC(C)CC1NC2(CCCC2)C(=O)N1C1CCC(C)CC1. The van der Waals surface area contributed by atoms with Crippen LogP contribution < -0.4 is 5.32 Å². The van der Waals surface area contributed by atoms with Crippen LogP contribution in [0.25, 0.3) is 0 Å². The molecule has 1 N–H and O–H groups in total. The largest absolute Gasteiger partial charge is 0.323 e. The van der Waals surface area contributed by atoms with Gasteiger partial charge in [0.25, 0.3) is 0 Å². The Morgan fingerprint density at radius 2 is 1.81 bits per heavy atom. The van der Waals surface area contributed by atoms with Crippen LogP contribution in [-0.4, -0.2) is 28.6 Å². The number of hydrogen-bond acceptors (Lipinski definition) is 2. The van der Waals surface area contributed by atoms with Crippen LogP contribution in [0.1, 0.15) is 78.6 Å². The fourth-order valence-electron chi connectivity index (χ4n) is 4.74. The smallest absolute Gasteiger partial charge is 0.244 e. The van der Waals surface area contributed by atoms with E-state index in [9.17, 15) is 4.79 Å². The van der Waals surface area contributed by atoms with Crippen molar-refractivity contribution in [3.05, 3.63) is 0 Å². The highest BCUT2D eigenvalue weighted by molar-refractivity contribution is 5.89. The van der Waals surface area contributed by atoms with E-state index in [1.165, 1.54) is 38.5 Å². The van der Waals surface area contributed by atoms with Crippen LogP contribution >= 0.6 is 0 Å². The van der Waals surface area contributed by atoms with Gasteiger partial charge < -0.3 is 4.90 Å². The Kier molecular flexibility index (Phi) is 4.31. The van der Waals surface area contributed by atoms with Crippen molar-refractivity contribution in [1.29, 1.82) is 0 Å². The van der Waals surface area contributed by atoms with Gasteiger partial charge in [-0.25, -0.2) is 0 Å². The summed E-state index contributed by atoms with van der Waals surface area (Å²) in [6, 6.07) is 0.491. The maximum Gasteiger partial charge on any atom is 0.244 e. The van der Waals surface area contributed by atoms with E-state index in [1.807, 2.05) is 0 Å². The molecule has 1 aliphatic heterocycles. The second-order valence-corrected chi connectivity index (χ2v) is 8.21. The Labute approximate surface area is 129 Å². The molecule has 0 bridgehead atoms. The fourth-order valence-corrected chi connectivity index (χ4v) is 4.74. The lowest BCUT2D eigenvalue weighted by atomic mass is 9.86. The van der Waals surface area contributed by atoms with Crippen LogP contribution in [0, 0.1) is 11.8 Å². The van der Waals surface area contributed by atoms with Gasteiger partial charge in [-0.15, -0.1) is 0 Å². The van der Waals surface area contributed by atoms with Crippen LogP contribution in [0.15, 0.2) is 0 Å². The topological polar surface area (TPSA) is 32.3 Å². The summed E-state index contributed by atoms with van der Waals surface area (Å²) in [5.41, 5.74) is -0.192. The van der Waals surface area contributed by atoms with Gasteiger partial charge >= 0.3 is 0 Å². The summed E-state index contributed by atoms with van der Waals surface area (Å²) in [5, 5.41) is 3.78. The zero-order valence-corrected chi connectivity index (χ0v) is 14.0. The summed E-state index contributed by atoms with van der Waals surface area (Å²) in [7, 11) is 0. The molecule has 21 heavy (non-hydrogen) atoms. The molecule has 1 amide bonds. The van der Waals surface area contributed by atoms with Crippen LogP contribution in [-0.2, 0) is 4.79 Å². The third kappa shape index (κ3) is 2.86. The number of nitrogens with zero attached hydrogens (tertiary/aromatic N) is 1. The average molecular weight is 292 g/mol. The standard InChI is InChI=1S/C18H32N2O/c1-13(2)12-16-19-18(10-4-5-11-18)17(21)20(16)15-8-6-14(3)7-9-15/h13-16,19H,4-12H2,1-3H3. The molecule has 0 aromatic carbocycles. The van der Waals surface area contributed by atoms with Gasteiger partial charge in [-0.2, -0.15) is 0 Å². The molecule has 1 saturated heterocycles. The summed E-state index contributed by atoms with van der Waals surface area (Å²) >= 11 is 0. The first-order valence-corrected chi connectivity index (χ1v) is 9.12. The third-order valence-electron chi connectivity index (χ3n) is 5.95. The molecule has 3 nitrogen and oxygen atoms in total. The van der Waals surface area contributed by atoms with E-state index < -0.39 is 0 Å². The normalized spacial score (nSPS) is 36.1. The summed E-state index contributed by atoms with van der Waals surface area (Å²) in [4.78, 5) is 15.5. The molecule has 120 valence electrons. The quantitative estimate of drug-likeness (QED) is 0.860. The second-order valence-electron chi connectivity index (χ2n) is 8.21. The molecule has 3 fully saturated rings. The molecule has 2 aliphatic carbocycles. The van der Waals surface area contributed by atoms with Crippen molar-refractivity contribution in [1.82, 2.24) is 10.2 Å². The number of hydrogen-bond donors (Lipinski definition) is 1. The van der Waals surface area contributed by atoms with E-state index >= 15 is 0 Å². The molecule has 0 aromatic heterocycles. The lowest BCUT2D eigenvalue weighted by Crippen LogP contribution is -2.47. The van der Waals surface area contributed by atoms with Crippen molar-refractivity contribution >= 4 is 5.91 Å². The second kappa shape index (κ2) is 5.91. The highest BCUT2D eigenvalue weighted by atomic mass is 16.2. The highest BCUT2D eigenvalue weighted by Crippen LogP contribution is 2.40. The van der Waals surface area contributed by atoms with E-state index in [4.69, 9.17) is 0 Å². The number of carbonyl (C=O) groups is 1. The van der Waals surface area contributed by atoms with Gasteiger partial charge in [0.05, 0.1) is 11.7 Å². The monoisotopic (exact) mass is 292 g/mol. The first-order valence-electron chi connectivity index (χ1n) is 9.12. The van der Waals surface area contributed by atoms with Gasteiger partial charge in [0, 0.05) is 6.04 Å². The highest BCUT2D eigenvalue weighted by Gasteiger charge is 2.53. The van der Waals surface area contributed by atoms with Crippen molar-refractivity contribution in [2.45, 2.75) is 96.3 Å². The lowest BCUT2D eigenvalue weighted by molar-refractivity contribution is -0.136. The number of nitrogens with one attached hydrogen (secondary N) is 1. The number of amides is 1. The van der Waals surface area contributed by atoms with E-state index in [0.29, 0.717) is 17.9 Å². The van der Waals surface area contributed by atoms with Gasteiger partial charge in [0.2, 0.25) is 5.91 Å². The Morgan fingerprint density at radius 1 is 1.19 bits per heavy atom. The minimum atomic E-state index is -0.192. The predicted molar refractivity (Wildman–Crippen MR) is 85.8 cm³/mol. The predicted octanol–water partition coefficient (Wildman–Crippen LogP) is 3.68. The van der Waals surface area contributed by atoms with Crippen molar-refractivity contribution in [2.75, 3.05) is 0 Å². The minimum Gasteiger partial charge on any atom is -0.323 e. The summed E-state index contributed by atoms with van der Waals surface area (Å²) < 4.78 is 0. The Hall–Kier alpha value is -0.570. The van der Waals surface area contributed by atoms with Crippen LogP contribution in [0.4, 0.5) is 0 Å². The van der Waals surface area contributed by atoms with Gasteiger partial charge in [0.1, 0.15) is 0 Å². The molecule has 3 aliphatic rings. The van der Waals surface area contributed by atoms with Crippen molar-refractivity contribution < 1.29 is 4.79 Å². The van der Waals surface area contributed by atoms with E-state index in [-0.39, 0.29) is 11.7 Å². The molecule has 3 heteroatoms. The summed E-state index contributed by atoms with van der Waals surface area (Å²) in [6.07, 6.45) is 10.9. The molecular weight excluding hydrogens is 260 g/mol. The molecule has 1 heterocycles. The number of rotatable bonds is 3. The molecule has 3 rings (SSSR count). The van der Waals surface area contributed by atoms with E-state index in [1.54, 1.807) is 0 Å². The van der Waals surface area contributed by atoms with Crippen molar-refractivity contribution in [2.24, 2.45) is 11.8 Å². The van der Waals surface area contributed by atoms with Gasteiger partial charge in [-0.1, -0.05) is 33.6 Å². The Balaban J connectivity index is 1.78. The Bertz CT molecular complexity index is 379. The fraction of sp³-hybridized carbons (Fsp3) is 0.944. The van der Waals surface area contributed by atoms with Crippen molar-refractivity contribution in [3.63, 3.8) is 0 Å². The number of carbonyl (C=O) groups excluding carboxylic acids is 1. The molecule has 2 saturated carbocycles. The summed E-state index contributed by atoms with van der Waals surface area (Å²) in [5.74, 6) is 1.91. The first-order chi connectivity index (χ1) is 10.0. The van der Waals surface area contributed by atoms with Crippen LogP contribution in [0.5, 0.6) is 0 Å². The van der Waals surface area contributed by atoms with Gasteiger partial charge in [-0.05, 0) is 56.8 Å². The third-order valence-corrected chi connectivity index (χ3v) is 5.95. The van der Waals surface area contributed by atoms with Gasteiger partial charge in [-0.3, -0.25) is 10.1 Å². The van der Waals surface area contributed by atoms with Crippen molar-refractivity contribution in [3.8, 4) is 0 Å². The molecule has 1 unspecified atom stereocenters. The van der Waals surface area contributed by atoms with Gasteiger partial charge in [0.15, 0.2) is 0 Å². The minimum absolute atomic E-state index is 0.192. The maximum atomic E-state index is 13.2. The molecular formula is C18H32N2O. The molecule has 1 atom stereocenters. The Morgan fingerprint density at radius 3 is 2.38 bits per heavy atom. The summed E-state index contributed by atoms with van der Waals surface area (Å²) in [6.45, 7) is 6.89. The van der Waals surface area contributed by atoms with Crippen LogP contribution in [0.3, 0.4) is 0 Å². The van der Waals surface area contributed by atoms with E-state index in [2.05, 4.69) is 31.0 Å².